The Morgan fingerprint density at radius 1 is 1.74 bits per heavy atom. The summed E-state index contributed by atoms with van der Waals surface area (Å²) in [6.45, 7) is 2.96. The summed E-state index contributed by atoms with van der Waals surface area (Å²) in [6.07, 6.45) is 2.57. The van der Waals surface area contributed by atoms with Crippen LogP contribution in [-0.4, -0.2) is 46.6 Å². The van der Waals surface area contributed by atoms with Crippen LogP contribution in [0.15, 0.2) is 5.38 Å². The molecule has 4 N–H and O–H groups in total. The number of nitrogens with one attached hydrogen (secondary N) is 1. The van der Waals surface area contributed by atoms with E-state index in [2.05, 4.69) is 29.2 Å². The monoisotopic (exact) mass is 284 g/mol. The molecule has 2 rings (SSSR count). The van der Waals surface area contributed by atoms with Gasteiger partial charge in [0.2, 0.25) is 0 Å². The Morgan fingerprint density at radius 3 is 3.00 bits per heavy atom. The maximum atomic E-state index is 10.8. The minimum atomic E-state index is -1.06. The second-order valence-electron chi connectivity index (χ2n) is 5.02. The van der Waals surface area contributed by atoms with Crippen molar-refractivity contribution in [2.24, 2.45) is 5.73 Å². The van der Waals surface area contributed by atoms with Crippen LogP contribution in [0.1, 0.15) is 31.5 Å². The predicted octanol–water partition coefficient (Wildman–Crippen LogP) is 1.12. The third-order valence-electron chi connectivity index (χ3n) is 3.47. The van der Waals surface area contributed by atoms with Gasteiger partial charge in [0.1, 0.15) is 6.04 Å². The lowest BCUT2D eigenvalue weighted by atomic mass is 10.2. The van der Waals surface area contributed by atoms with Gasteiger partial charge in [-0.1, -0.05) is 0 Å². The van der Waals surface area contributed by atoms with Gasteiger partial charge in [0, 0.05) is 24.0 Å². The molecule has 0 spiro atoms. The molecule has 0 radical (unpaired) electrons. The van der Waals surface area contributed by atoms with E-state index >= 15 is 0 Å². The van der Waals surface area contributed by atoms with Crippen molar-refractivity contribution < 1.29 is 9.90 Å². The Bertz CT molecular complexity index is 447. The van der Waals surface area contributed by atoms with Gasteiger partial charge >= 0.3 is 5.97 Å². The molecule has 2 atom stereocenters. The highest BCUT2D eigenvalue weighted by molar-refractivity contribution is 7.13. The van der Waals surface area contributed by atoms with Crippen LogP contribution in [0.3, 0.4) is 0 Å². The molecule has 0 aliphatic heterocycles. The van der Waals surface area contributed by atoms with Gasteiger partial charge < -0.3 is 16.2 Å². The average molecular weight is 284 g/mol. The smallest absolute Gasteiger partial charge is 0.326 e. The first kappa shape index (κ1) is 14.2. The number of aromatic nitrogens is 1. The van der Waals surface area contributed by atoms with Gasteiger partial charge in [-0.25, -0.2) is 4.98 Å². The van der Waals surface area contributed by atoms with E-state index in [1.54, 1.807) is 5.38 Å². The first-order valence-electron chi connectivity index (χ1n) is 6.38. The van der Waals surface area contributed by atoms with Crippen molar-refractivity contribution in [2.75, 3.05) is 18.9 Å². The summed E-state index contributed by atoms with van der Waals surface area (Å²) >= 11 is 1.39. The summed E-state index contributed by atoms with van der Waals surface area (Å²) in [5.41, 5.74) is 5.92. The van der Waals surface area contributed by atoms with E-state index < -0.39 is 12.0 Å². The zero-order chi connectivity index (χ0) is 14.0. The Hall–Kier alpha value is -1.18. The summed E-state index contributed by atoms with van der Waals surface area (Å²) in [5, 5.41) is 14.5. The number of nitrogens with zero attached hydrogens (tertiary/aromatic N) is 2. The van der Waals surface area contributed by atoms with Crippen LogP contribution in [0.2, 0.25) is 0 Å². The van der Waals surface area contributed by atoms with Crippen molar-refractivity contribution >= 4 is 22.4 Å². The number of carboxylic acids is 1. The highest BCUT2D eigenvalue weighted by atomic mass is 32.1. The summed E-state index contributed by atoms with van der Waals surface area (Å²) < 4.78 is 0. The van der Waals surface area contributed by atoms with Crippen LogP contribution >= 0.6 is 11.3 Å². The van der Waals surface area contributed by atoms with Crippen LogP contribution < -0.4 is 11.1 Å². The zero-order valence-corrected chi connectivity index (χ0v) is 12.0. The molecule has 0 bridgehead atoms. The summed E-state index contributed by atoms with van der Waals surface area (Å²) in [5.74, 6) is -1.06. The number of hydrogen-bond donors (Lipinski definition) is 3. The molecule has 1 aromatic rings. The highest BCUT2D eigenvalue weighted by Gasteiger charge is 2.29. The van der Waals surface area contributed by atoms with Gasteiger partial charge in [0.05, 0.1) is 5.69 Å². The van der Waals surface area contributed by atoms with E-state index in [0.29, 0.717) is 11.7 Å². The second-order valence-corrected chi connectivity index (χ2v) is 5.88. The molecule has 1 fully saturated rings. The number of rotatable bonds is 7. The summed E-state index contributed by atoms with van der Waals surface area (Å²) in [7, 11) is 2.14. The maximum Gasteiger partial charge on any atom is 0.326 e. The highest BCUT2D eigenvalue weighted by Crippen LogP contribution is 2.27. The van der Waals surface area contributed by atoms with Crippen LogP contribution in [0.25, 0.3) is 0 Å². The van der Waals surface area contributed by atoms with Crippen LogP contribution in [0, 0.1) is 0 Å². The molecular weight excluding hydrogens is 264 g/mol. The molecule has 106 valence electrons. The number of aliphatic carboxylic acids is 1. The number of anilines is 1. The molecule has 0 saturated heterocycles. The lowest BCUT2D eigenvalue weighted by Gasteiger charge is -2.24. The molecule has 1 aliphatic rings. The van der Waals surface area contributed by atoms with Crippen LogP contribution in [0.5, 0.6) is 0 Å². The lowest BCUT2D eigenvalue weighted by Crippen LogP contribution is -2.36. The zero-order valence-electron chi connectivity index (χ0n) is 11.2. The normalized spacial score (nSPS) is 18.3. The fourth-order valence-corrected chi connectivity index (χ4v) is 2.61. The van der Waals surface area contributed by atoms with Crippen molar-refractivity contribution in [1.29, 1.82) is 0 Å². The first-order valence-corrected chi connectivity index (χ1v) is 7.26. The van der Waals surface area contributed by atoms with Crippen molar-refractivity contribution in [1.82, 2.24) is 9.88 Å². The third-order valence-corrected chi connectivity index (χ3v) is 4.29. The Balaban J connectivity index is 1.84. The van der Waals surface area contributed by atoms with Crippen molar-refractivity contribution in [2.45, 2.75) is 37.9 Å². The molecular formula is C12H20N4O2S. The molecule has 1 saturated carbocycles. The van der Waals surface area contributed by atoms with Crippen molar-refractivity contribution in [3.8, 4) is 0 Å². The Labute approximate surface area is 116 Å². The second kappa shape index (κ2) is 5.85. The summed E-state index contributed by atoms with van der Waals surface area (Å²) in [4.78, 5) is 17.3. The van der Waals surface area contributed by atoms with Gasteiger partial charge in [-0.2, -0.15) is 0 Å². The van der Waals surface area contributed by atoms with E-state index in [1.165, 1.54) is 24.2 Å². The molecule has 6 nitrogen and oxygen atoms in total. The molecule has 7 heteroatoms. The van der Waals surface area contributed by atoms with Crippen molar-refractivity contribution in [3.05, 3.63) is 11.1 Å². The topological polar surface area (TPSA) is 91.5 Å². The molecule has 0 aromatic carbocycles. The number of likely N-dealkylation sites (N-methyl/N-ethyl adjacent to an activating group) is 1. The minimum absolute atomic E-state index is 0.406. The van der Waals surface area contributed by atoms with Gasteiger partial charge in [-0.05, 0) is 26.8 Å². The summed E-state index contributed by atoms with van der Waals surface area (Å²) in [6, 6.07) is 0.107. The lowest BCUT2D eigenvalue weighted by molar-refractivity contribution is -0.138. The number of carbonyl (C=O) groups is 1. The molecule has 0 amide bonds. The predicted molar refractivity (Wildman–Crippen MR) is 75.4 cm³/mol. The van der Waals surface area contributed by atoms with E-state index in [4.69, 9.17) is 10.8 Å². The SMILES string of the molecule is CC(CNc1nc(C(N)C(=O)O)cs1)N(C)C1CC1. The average Bonchev–Trinajstić information content (AvgIpc) is 3.13. The van der Waals surface area contributed by atoms with E-state index in [0.717, 1.165) is 17.7 Å². The van der Waals surface area contributed by atoms with E-state index in [1.807, 2.05) is 0 Å². The fourth-order valence-electron chi connectivity index (χ4n) is 1.86. The standard InChI is InChI=1S/C12H20N4O2S/c1-7(16(2)8-3-4-8)5-14-12-15-9(6-19-12)10(13)11(17)18/h6-8,10H,3-5,13H2,1-2H3,(H,14,15)(H,17,18). The fraction of sp³-hybridized carbons (Fsp3) is 0.667. The van der Waals surface area contributed by atoms with Crippen molar-refractivity contribution in [3.63, 3.8) is 0 Å². The van der Waals surface area contributed by atoms with Gasteiger partial charge in [0.15, 0.2) is 5.13 Å². The molecule has 1 heterocycles. The Morgan fingerprint density at radius 2 is 2.42 bits per heavy atom. The Kier molecular flexibility index (Phi) is 4.38. The minimum Gasteiger partial charge on any atom is -0.480 e. The first-order chi connectivity index (χ1) is 8.99. The van der Waals surface area contributed by atoms with E-state index in [9.17, 15) is 4.79 Å². The van der Waals surface area contributed by atoms with Gasteiger partial charge in [-0.15, -0.1) is 11.3 Å². The van der Waals surface area contributed by atoms with Crippen LogP contribution in [-0.2, 0) is 4.79 Å². The molecule has 1 aromatic heterocycles. The number of thiazole rings is 1. The molecule has 1 aliphatic carbocycles. The van der Waals surface area contributed by atoms with E-state index in [-0.39, 0.29) is 0 Å². The van der Waals surface area contributed by atoms with Gasteiger partial charge in [0.25, 0.3) is 0 Å². The molecule has 2 unspecified atom stereocenters. The quantitative estimate of drug-likeness (QED) is 0.695. The number of carboxylic acid groups (broad SMARTS) is 1. The van der Waals surface area contributed by atoms with Gasteiger partial charge in [-0.3, -0.25) is 9.69 Å². The van der Waals surface area contributed by atoms with Crippen LogP contribution in [0.4, 0.5) is 5.13 Å². The largest absolute Gasteiger partial charge is 0.480 e. The molecule has 19 heavy (non-hydrogen) atoms. The number of hydrogen-bond acceptors (Lipinski definition) is 6. The maximum absolute atomic E-state index is 10.8. The number of nitrogens with two attached hydrogens (primary N) is 1. The third kappa shape index (κ3) is 3.65.